The minimum atomic E-state index is -3.09. The first kappa shape index (κ1) is 11.7. The van der Waals surface area contributed by atoms with Crippen molar-refractivity contribution in [1.82, 2.24) is 9.88 Å². The number of hydrogen-bond acceptors (Lipinski definition) is 2. The first-order chi connectivity index (χ1) is 7.89. The molecule has 0 radical (unpaired) electrons. The van der Waals surface area contributed by atoms with E-state index in [0.717, 1.165) is 12.3 Å². The fourth-order valence-corrected chi connectivity index (χ4v) is 1.93. The van der Waals surface area contributed by atoms with Crippen molar-refractivity contribution in [3.63, 3.8) is 0 Å². The smallest absolute Gasteiger partial charge is 0.408 e. The topological polar surface area (TPSA) is 53.4 Å². The third-order valence-corrected chi connectivity index (χ3v) is 2.63. The number of pyridine rings is 1. The van der Waals surface area contributed by atoms with Crippen LogP contribution in [0, 0.1) is 5.82 Å². The van der Waals surface area contributed by atoms with Crippen molar-refractivity contribution in [1.29, 1.82) is 0 Å². The molecule has 0 saturated carbocycles. The third kappa shape index (κ3) is 2.32. The highest BCUT2D eigenvalue weighted by Gasteiger charge is 2.47. The monoisotopic (exact) mass is 246 g/mol. The molecule has 0 bridgehead atoms. The molecule has 1 aromatic rings. The number of hydrogen-bond donors (Lipinski definition) is 1. The summed E-state index contributed by atoms with van der Waals surface area (Å²) in [5.41, 5.74) is 0.143. The van der Waals surface area contributed by atoms with E-state index in [1.807, 2.05) is 0 Å². The molecule has 0 aromatic carbocycles. The van der Waals surface area contributed by atoms with E-state index in [9.17, 15) is 18.0 Å². The van der Waals surface area contributed by atoms with Gasteiger partial charge in [0, 0.05) is 12.6 Å². The molecule has 7 heteroatoms. The second-order valence-corrected chi connectivity index (χ2v) is 3.92. The van der Waals surface area contributed by atoms with Crippen LogP contribution in [0.5, 0.6) is 0 Å². The van der Waals surface area contributed by atoms with E-state index in [4.69, 9.17) is 5.11 Å². The average molecular weight is 246 g/mol. The summed E-state index contributed by atoms with van der Waals surface area (Å²) < 4.78 is 39.3. The summed E-state index contributed by atoms with van der Waals surface area (Å²) in [5.74, 6) is -3.77. The second-order valence-electron chi connectivity index (χ2n) is 3.92. The molecular formula is C10H9F3N2O2. The summed E-state index contributed by atoms with van der Waals surface area (Å²) >= 11 is 0. The Morgan fingerprint density at radius 2 is 2.24 bits per heavy atom. The quantitative estimate of drug-likeness (QED) is 0.827. The van der Waals surface area contributed by atoms with Gasteiger partial charge in [-0.15, -0.1) is 0 Å². The lowest BCUT2D eigenvalue weighted by atomic mass is 10.1. The van der Waals surface area contributed by atoms with Gasteiger partial charge < -0.3 is 5.11 Å². The van der Waals surface area contributed by atoms with Crippen molar-refractivity contribution in [3.8, 4) is 0 Å². The zero-order valence-corrected chi connectivity index (χ0v) is 8.61. The molecular weight excluding hydrogens is 237 g/mol. The minimum Gasteiger partial charge on any atom is -0.465 e. The summed E-state index contributed by atoms with van der Waals surface area (Å²) in [6.45, 7) is -0.872. The molecule has 0 aliphatic carbocycles. The summed E-state index contributed by atoms with van der Waals surface area (Å²) in [6, 6.07) is -0.0275. The lowest BCUT2D eigenvalue weighted by Crippen LogP contribution is -2.31. The van der Waals surface area contributed by atoms with Crippen LogP contribution in [-0.2, 0) is 0 Å². The Balaban J connectivity index is 2.33. The molecule has 1 fully saturated rings. The van der Waals surface area contributed by atoms with E-state index in [2.05, 4.69) is 4.98 Å². The molecule has 1 atom stereocenters. The number of rotatable bonds is 1. The third-order valence-electron chi connectivity index (χ3n) is 2.63. The molecule has 2 rings (SSSR count). The molecule has 1 aliphatic rings. The Morgan fingerprint density at radius 3 is 2.82 bits per heavy atom. The number of nitrogens with zero attached hydrogens (tertiary/aromatic N) is 2. The standard InChI is InChI=1S/C10H9F3N2O2/c11-7-1-6(3-14-4-7)8-2-10(12,13)5-15(8)9(16)17/h1,3-4,8H,2,5H2,(H,16,17)/t8-/m1/s1. The van der Waals surface area contributed by atoms with E-state index in [0.29, 0.717) is 4.90 Å². The van der Waals surface area contributed by atoms with Crippen molar-refractivity contribution in [2.75, 3.05) is 6.54 Å². The van der Waals surface area contributed by atoms with Crippen LogP contribution in [-0.4, -0.2) is 33.6 Å². The Labute approximate surface area is 94.7 Å². The highest BCUT2D eigenvalue weighted by Crippen LogP contribution is 2.40. The van der Waals surface area contributed by atoms with Gasteiger partial charge in [0.15, 0.2) is 0 Å². The van der Waals surface area contributed by atoms with Gasteiger partial charge in [-0.3, -0.25) is 9.88 Å². The van der Waals surface area contributed by atoms with Crippen LogP contribution in [0.25, 0.3) is 0 Å². The van der Waals surface area contributed by atoms with Gasteiger partial charge in [0.25, 0.3) is 5.92 Å². The number of halogens is 3. The number of aromatic nitrogens is 1. The van der Waals surface area contributed by atoms with Crippen LogP contribution in [0.3, 0.4) is 0 Å². The molecule has 1 saturated heterocycles. The first-order valence-electron chi connectivity index (χ1n) is 4.87. The van der Waals surface area contributed by atoms with E-state index < -0.39 is 36.8 Å². The fraction of sp³-hybridized carbons (Fsp3) is 0.400. The van der Waals surface area contributed by atoms with Gasteiger partial charge in [0.05, 0.1) is 18.8 Å². The van der Waals surface area contributed by atoms with Crippen LogP contribution in [0.2, 0.25) is 0 Å². The molecule has 1 aromatic heterocycles. The summed E-state index contributed by atoms with van der Waals surface area (Å²) in [5, 5.41) is 8.82. The van der Waals surface area contributed by atoms with Gasteiger partial charge in [-0.2, -0.15) is 0 Å². The zero-order chi connectivity index (χ0) is 12.6. The van der Waals surface area contributed by atoms with Gasteiger partial charge in [0.2, 0.25) is 0 Å². The van der Waals surface area contributed by atoms with Crippen LogP contribution >= 0.6 is 0 Å². The lowest BCUT2D eigenvalue weighted by molar-refractivity contribution is 0.0126. The van der Waals surface area contributed by atoms with Crippen LogP contribution < -0.4 is 0 Å². The fourth-order valence-electron chi connectivity index (χ4n) is 1.93. The maximum atomic E-state index is 13.2. The minimum absolute atomic E-state index is 0.143. The van der Waals surface area contributed by atoms with Crippen LogP contribution in [0.15, 0.2) is 18.5 Å². The number of likely N-dealkylation sites (tertiary alicyclic amines) is 1. The Kier molecular flexibility index (Phi) is 2.68. The average Bonchev–Trinajstić information content (AvgIpc) is 2.55. The van der Waals surface area contributed by atoms with Gasteiger partial charge in [-0.25, -0.2) is 18.0 Å². The molecule has 17 heavy (non-hydrogen) atoms. The summed E-state index contributed by atoms with van der Waals surface area (Å²) in [4.78, 5) is 15.0. The number of amides is 1. The number of carboxylic acid groups (broad SMARTS) is 1. The zero-order valence-electron chi connectivity index (χ0n) is 8.61. The molecule has 2 heterocycles. The van der Waals surface area contributed by atoms with Crippen LogP contribution in [0.4, 0.5) is 18.0 Å². The number of carbonyl (C=O) groups is 1. The van der Waals surface area contributed by atoms with Crippen molar-refractivity contribution in [2.24, 2.45) is 0 Å². The summed E-state index contributed by atoms with van der Waals surface area (Å²) in [7, 11) is 0. The Hall–Kier alpha value is -1.79. The maximum Gasteiger partial charge on any atom is 0.408 e. The van der Waals surface area contributed by atoms with Crippen molar-refractivity contribution < 1.29 is 23.1 Å². The Bertz CT molecular complexity index is 453. The van der Waals surface area contributed by atoms with Crippen molar-refractivity contribution in [3.05, 3.63) is 29.8 Å². The van der Waals surface area contributed by atoms with Gasteiger partial charge in [-0.05, 0) is 11.6 Å². The predicted molar refractivity (Wildman–Crippen MR) is 51.2 cm³/mol. The first-order valence-corrected chi connectivity index (χ1v) is 4.87. The SMILES string of the molecule is O=C(O)N1CC(F)(F)C[C@@H]1c1cncc(F)c1. The highest BCUT2D eigenvalue weighted by molar-refractivity contribution is 5.66. The highest BCUT2D eigenvalue weighted by atomic mass is 19.3. The number of alkyl halides is 2. The Morgan fingerprint density at radius 1 is 1.53 bits per heavy atom. The summed E-state index contributed by atoms with van der Waals surface area (Å²) in [6.07, 6.45) is 0.0356. The molecule has 1 amide bonds. The molecule has 1 N–H and O–H groups in total. The normalized spacial score (nSPS) is 22.8. The molecule has 0 unspecified atom stereocenters. The molecule has 92 valence electrons. The predicted octanol–water partition coefficient (Wildman–Crippen LogP) is 2.28. The van der Waals surface area contributed by atoms with Gasteiger partial charge in [-0.1, -0.05) is 0 Å². The molecule has 1 aliphatic heterocycles. The molecule has 4 nitrogen and oxygen atoms in total. The van der Waals surface area contributed by atoms with E-state index in [-0.39, 0.29) is 5.56 Å². The van der Waals surface area contributed by atoms with Crippen molar-refractivity contribution >= 4 is 6.09 Å². The second kappa shape index (κ2) is 3.90. The van der Waals surface area contributed by atoms with E-state index >= 15 is 0 Å². The maximum absolute atomic E-state index is 13.2. The van der Waals surface area contributed by atoms with Crippen LogP contribution in [0.1, 0.15) is 18.0 Å². The van der Waals surface area contributed by atoms with Crippen molar-refractivity contribution in [2.45, 2.75) is 18.4 Å². The largest absolute Gasteiger partial charge is 0.465 e. The van der Waals surface area contributed by atoms with E-state index in [1.165, 1.54) is 6.20 Å². The van der Waals surface area contributed by atoms with Gasteiger partial charge in [0.1, 0.15) is 5.82 Å². The van der Waals surface area contributed by atoms with Gasteiger partial charge >= 0.3 is 6.09 Å². The van der Waals surface area contributed by atoms with E-state index in [1.54, 1.807) is 0 Å². The lowest BCUT2D eigenvalue weighted by Gasteiger charge is -2.20. The molecule has 0 spiro atoms.